The molecule has 0 unspecified atom stereocenters. The molecular formula is C25H20N2O5. The van der Waals surface area contributed by atoms with E-state index >= 15 is 0 Å². The monoisotopic (exact) mass is 428 g/mol. The number of aliphatic hydroxyl groups excluding tert-OH is 2. The van der Waals surface area contributed by atoms with E-state index in [4.69, 9.17) is 4.74 Å². The van der Waals surface area contributed by atoms with Crippen molar-refractivity contribution in [2.45, 2.75) is 24.9 Å². The van der Waals surface area contributed by atoms with Crippen LogP contribution in [0.3, 0.4) is 0 Å². The average molecular weight is 428 g/mol. The number of benzene rings is 4. The molecule has 32 heavy (non-hydrogen) atoms. The van der Waals surface area contributed by atoms with Crippen molar-refractivity contribution in [3.63, 3.8) is 0 Å². The van der Waals surface area contributed by atoms with E-state index in [0.29, 0.717) is 11.1 Å². The fourth-order valence-corrected chi connectivity index (χ4v) is 4.86. The maximum Gasteiger partial charge on any atom is 0.330 e. The van der Waals surface area contributed by atoms with Crippen molar-refractivity contribution < 1.29 is 14.9 Å². The van der Waals surface area contributed by atoms with Crippen molar-refractivity contribution in [3.8, 4) is 11.1 Å². The summed E-state index contributed by atoms with van der Waals surface area (Å²) in [7, 11) is 0. The molecule has 4 aromatic carbocycles. The molecule has 0 aliphatic carbocycles. The number of ether oxygens (including phenoxy) is 1. The molecule has 7 heteroatoms. The fraction of sp³-hybridized carbons (Fsp3) is 0.200. The summed E-state index contributed by atoms with van der Waals surface area (Å²) < 4.78 is 6.90. The molecule has 0 saturated carbocycles. The third-order valence-corrected chi connectivity index (χ3v) is 6.44. The van der Waals surface area contributed by atoms with Crippen molar-refractivity contribution in [2.24, 2.45) is 0 Å². The lowest BCUT2D eigenvalue weighted by Gasteiger charge is -2.16. The van der Waals surface area contributed by atoms with Crippen LogP contribution in [0.5, 0.6) is 0 Å². The first-order valence-corrected chi connectivity index (χ1v) is 10.5. The van der Waals surface area contributed by atoms with E-state index in [-0.39, 0.29) is 13.0 Å². The van der Waals surface area contributed by atoms with Gasteiger partial charge in [0.15, 0.2) is 0 Å². The lowest BCUT2D eigenvalue weighted by molar-refractivity contribution is -0.0458. The van der Waals surface area contributed by atoms with E-state index < -0.39 is 29.7 Å². The summed E-state index contributed by atoms with van der Waals surface area (Å²) in [4.78, 5) is 27.6. The van der Waals surface area contributed by atoms with Crippen LogP contribution in [-0.4, -0.2) is 38.6 Å². The molecule has 1 aliphatic heterocycles. The molecule has 0 bridgehead atoms. The Morgan fingerprint density at radius 3 is 2.22 bits per heavy atom. The minimum Gasteiger partial charge on any atom is -0.394 e. The van der Waals surface area contributed by atoms with Crippen LogP contribution < -0.4 is 11.2 Å². The number of aromatic nitrogens is 2. The summed E-state index contributed by atoms with van der Waals surface area (Å²) in [5.74, 6) is 0. The maximum atomic E-state index is 12.7. The first-order valence-electron chi connectivity index (χ1n) is 10.5. The summed E-state index contributed by atoms with van der Waals surface area (Å²) >= 11 is 0. The molecule has 3 N–H and O–H groups in total. The zero-order valence-electron chi connectivity index (χ0n) is 17.0. The minimum atomic E-state index is -0.884. The maximum absolute atomic E-state index is 12.7. The molecule has 1 saturated heterocycles. The largest absolute Gasteiger partial charge is 0.394 e. The standard InChI is InChI=1S/C25H20N2O5/c28-12-20-19(29)10-21(32-20)27-11-18(24(30)26-25(27)31)17-8-15-6-4-13-2-1-3-14-5-7-16(9-17)23(15)22(13)14/h1-9,11,19-21,28-29H,10,12H2,(H,26,30,31)/t19-,20-,21-/m1/s1. The Kier molecular flexibility index (Phi) is 4.19. The molecule has 1 aromatic heterocycles. The van der Waals surface area contributed by atoms with Gasteiger partial charge in [0, 0.05) is 12.6 Å². The van der Waals surface area contributed by atoms with Gasteiger partial charge < -0.3 is 14.9 Å². The van der Waals surface area contributed by atoms with E-state index in [1.165, 1.54) is 16.2 Å². The van der Waals surface area contributed by atoms with Gasteiger partial charge in [-0.1, -0.05) is 42.5 Å². The predicted molar refractivity (Wildman–Crippen MR) is 122 cm³/mol. The Morgan fingerprint density at radius 1 is 0.969 bits per heavy atom. The summed E-state index contributed by atoms with van der Waals surface area (Å²) in [5.41, 5.74) is -0.0905. The summed E-state index contributed by atoms with van der Waals surface area (Å²) in [5, 5.41) is 26.1. The summed E-state index contributed by atoms with van der Waals surface area (Å²) in [6.07, 6.45) is -0.789. The Hall–Kier alpha value is -3.52. The third-order valence-electron chi connectivity index (χ3n) is 6.44. The van der Waals surface area contributed by atoms with Gasteiger partial charge in [0.2, 0.25) is 0 Å². The van der Waals surface area contributed by atoms with Gasteiger partial charge in [0.1, 0.15) is 12.3 Å². The smallest absolute Gasteiger partial charge is 0.330 e. The Balaban J connectivity index is 1.54. The molecule has 0 radical (unpaired) electrons. The molecule has 5 aromatic rings. The molecule has 160 valence electrons. The SMILES string of the molecule is O=c1[nH]c(=O)n([C@H]2C[C@@H](O)[C@@H](CO)O2)cc1-c1cc2ccc3cccc4ccc(c1)c2c34. The number of aromatic amines is 1. The molecule has 0 amide bonds. The Labute approximate surface area is 181 Å². The normalized spacial score (nSPS) is 21.2. The van der Waals surface area contributed by atoms with Crippen molar-refractivity contribution >= 4 is 32.3 Å². The van der Waals surface area contributed by atoms with Crippen LogP contribution in [0.15, 0.2) is 70.4 Å². The molecule has 1 aliphatic rings. The number of nitrogens with zero attached hydrogens (tertiary/aromatic N) is 1. The third kappa shape index (κ3) is 2.79. The lowest BCUT2D eigenvalue weighted by atomic mass is 9.92. The highest BCUT2D eigenvalue weighted by Gasteiger charge is 2.35. The van der Waals surface area contributed by atoms with Crippen LogP contribution in [0.1, 0.15) is 12.6 Å². The number of hydrogen-bond donors (Lipinski definition) is 3. The van der Waals surface area contributed by atoms with Gasteiger partial charge in [-0.05, 0) is 50.0 Å². The Bertz CT molecular complexity index is 1540. The van der Waals surface area contributed by atoms with E-state index in [1.54, 1.807) is 0 Å². The first kappa shape index (κ1) is 19.2. The molecule has 7 nitrogen and oxygen atoms in total. The van der Waals surface area contributed by atoms with E-state index in [1.807, 2.05) is 30.3 Å². The number of hydrogen-bond acceptors (Lipinski definition) is 5. The van der Waals surface area contributed by atoms with Gasteiger partial charge in [-0.25, -0.2) is 4.79 Å². The minimum absolute atomic E-state index is 0.150. The summed E-state index contributed by atoms with van der Waals surface area (Å²) in [6.45, 7) is -0.348. The topological polar surface area (TPSA) is 105 Å². The lowest BCUT2D eigenvalue weighted by Crippen LogP contribution is -2.33. The highest BCUT2D eigenvalue weighted by molar-refractivity contribution is 6.23. The second kappa shape index (κ2) is 7.00. The van der Waals surface area contributed by atoms with Crippen molar-refractivity contribution in [3.05, 3.63) is 81.6 Å². The van der Waals surface area contributed by atoms with Crippen LogP contribution in [0.25, 0.3) is 43.4 Å². The van der Waals surface area contributed by atoms with Gasteiger partial charge >= 0.3 is 5.69 Å². The molecule has 1 fully saturated rings. The van der Waals surface area contributed by atoms with E-state index in [2.05, 4.69) is 29.2 Å². The van der Waals surface area contributed by atoms with E-state index in [9.17, 15) is 19.8 Å². The fourth-order valence-electron chi connectivity index (χ4n) is 4.86. The quantitative estimate of drug-likeness (QED) is 0.383. The predicted octanol–water partition coefficient (Wildman–Crippen LogP) is 2.74. The van der Waals surface area contributed by atoms with Crippen molar-refractivity contribution in [1.82, 2.24) is 9.55 Å². The number of aliphatic hydroxyl groups is 2. The van der Waals surface area contributed by atoms with Gasteiger partial charge in [0.25, 0.3) is 5.56 Å². The number of H-pyrrole nitrogens is 1. The van der Waals surface area contributed by atoms with E-state index in [0.717, 1.165) is 26.9 Å². The second-order valence-corrected chi connectivity index (χ2v) is 8.33. The molecule has 6 rings (SSSR count). The van der Waals surface area contributed by atoms with Crippen LogP contribution >= 0.6 is 0 Å². The van der Waals surface area contributed by atoms with Crippen LogP contribution in [0.2, 0.25) is 0 Å². The van der Waals surface area contributed by atoms with Crippen molar-refractivity contribution in [1.29, 1.82) is 0 Å². The molecule has 0 spiro atoms. The zero-order valence-corrected chi connectivity index (χ0v) is 17.0. The van der Waals surface area contributed by atoms with Crippen LogP contribution in [0, 0.1) is 0 Å². The second-order valence-electron chi connectivity index (χ2n) is 8.33. The Morgan fingerprint density at radius 2 is 1.59 bits per heavy atom. The van der Waals surface area contributed by atoms with Crippen LogP contribution in [-0.2, 0) is 4.74 Å². The molecular weight excluding hydrogens is 408 g/mol. The van der Waals surface area contributed by atoms with Gasteiger partial charge in [-0.15, -0.1) is 0 Å². The highest BCUT2D eigenvalue weighted by atomic mass is 16.5. The molecule has 3 atom stereocenters. The van der Waals surface area contributed by atoms with Gasteiger partial charge in [-0.2, -0.15) is 0 Å². The van der Waals surface area contributed by atoms with Crippen LogP contribution in [0.4, 0.5) is 0 Å². The number of nitrogens with one attached hydrogen (secondary N) is 1. The summed E-state index contributed by atoms with van der Waals surface area (Å²) in [6, 6.07) is 18.4. The molecule has 2 heterocycles. The van der Waals surface area contributed by atoms with Gasteiger partial charge in [-0.3, -0.25) is 14.3 Å². The van der Waals surface area contributed by atoms with Gasteiger partial charge in [0.05, 0.1) is 18.3 Å². The first-order chi connectivity index (χ1) is 15.5. The van der Waals surface area contributed by atoms with Crippen molar-refractivity contribution in [2.75, 3.05) is 6.61 Å². The average Bonchev–Trinajstić information content (AvgIpc) is 3.17. The number of rotatable bonds is 3. The zero-order chi connectivity index (χ0) is 22.0. The highest BCUT2D eigenvalue weighted by Crippen LogP contribution is 2.37.